The molecule has 0 atom stereocenters. The third-order valence-corrected chi connectivity index (χ3v) is 4.29. The minimum absolute atomic E-state index is 0.344. The summed E-state index contributed by atoms with van der Waals surface area (Å²) in [7, 11) is 0. The maximum atomic E-state index is 6.07. The van der Waals surface area contributed by atoms with Crippen LogP contribution in [0.15, 0.2) is 40.1 Å². The summed E-state index contributed by atoms with van der Waals surface area (Å²) < 4.78 is 3.11. The van der Waals surface area contributed by atoms with Crippen LogP contribution in [0.25, 0.3) is 11.4 Å². The summed E-state index contributed by atoms with van der Waals surface area (Å²) in [5, 5.41) is 3.80. The molecule has 0 saturated heterocycles. The molecular weight excluding hydrogens is 368 g/mol. The molecule has 6 nitrogen and oxygen atoms in total. The lowest BCUT2D eigenvalue weighted by atomic mass is 10.2. The molecule has 0 aromatic carbocycles. The summed E-state index contributed by atoms with van der Waals surface area (Å²) in [6.07, 6.45) is 3.40. The van der Waals surface area contributed by atoms with Gasteiger partial charge in [-0.15, -0.1) is 0 Å². The van der Waals surface area contributed by atoms with Crippen molar-refractivity contribution in [3.63, 3.8) is 0 Å². The number of nitrogens with zero attached hydrogens (tertiary/aromatic N) is 5. The van der Waals surface area contributed by atoms with Crippen molar-refractivity contribution in [1.82, 2.24) is 19.5 Å². The summed E-state index contributed by atoms with van der Waals surface area (Å²) in [5.74, 6) is 2.28. The Morgan fingerprint density at radius 2 is 2.27 bits per heavy atom. The third-order valence-electron chi connectivity index (χ3n) is 3.39. The summed E-state index contributed by atoms with van der Waals surface area (Å²) in [4.78, 5) is 17.3. The van der Waals surface area contributed by atoms with Gasteiger partial charge >= 0.3 is 0 Å². The van der Waals surface area contributed by atoms with Gasteiger partial charge in [0.25, 0.3) is 5.62 Å². The number of anilines is 1. The van der Waals surface area contributed by atoms with Crippen LogP contribution in [0, 0.1) is 0 Å². The van der Waals surface area contributed by atoms with E-state index in [1.807, 2.05) is 6.07 Å². The highest BCUT2D eigenvalue weighted by Crippen LogP contribution is 2.33. The highest BCUT2D eigenvalue weighted by molar-refractivity contribution is 9.10. The van der Waals surface area contributed by atoms with Crippen molar-refractivity contribution in [1.29, 1.82) is 0 Å². The molecule has 0 unspecified atom stereocenters. The van der Waals surface area contributed by atoms with E-state index in [2.05, 4.69) is 45.8 Å². The molecular formula is C14H10BrClN6. The van der Waals surface area contributed by atoms with Crippen LogP contribution < -0.4 is 10.9 Å². The largest absolute Gasteiger partial charge is 0.369 e. The molecule has 4 heterocycles. The Morgan fingerprint density at radius 1 is 1.36 bits per heavy atom. The molecule has 8 heteroatoms. The molecule has 0 amide bonds. The SMILES string of the molecule is Clc1cccnc1N=c1ncc2cc(Br)c3n(c-2n1)CCN3. The topological polar surface area (TPSA) is 68.0 Å². The average Bonchev–Trinajstić information content (AvgIpc) is 3.01. The van der Waals surface area contributed by atoms with Crippen molar-refractivity contribution in [2.45, 2.75) is 6.54 Å². The zero-order chi connectivity index (χ0) is 15.1. The number of hydrogen-bond donors (Lipinski definition) is 1. The van der Waals surface area contributed by atoms with Crippen LogP contribution in [0.5, 0.6) is 0 Å². The van der Waals surface area contributed by atoms with E-state index in [0.29, 0.717) is 16.5 Å². The van der Waals surface area contributed by atoms with Crippen molar-refractivity contribution in [2.24, 2.45) is 4.99 Å². The van der Waals surface area contributed by atoms with E-state index in [9.17, 15) is 0 Å². The van der Waals surface area contributed by atoms with Crippen LogP contribution >= 0.6 is 27.5 Å². The number of halogens is 2. The first kappa shape index (κ1) is 13.7. The van der Waals surface area contributed by atoms with Crippen molar-refractivity contribution in [3.8, 4) is 11.4 Å². The van der Waals surface area contributed by atoms with Crippen molar-refractivity contribution in [2.75, 3.05) is 11.9 Å². The highest BCUT2D eigenvalue weighted by atomic mass is 79.9. The van der Waals surface area contributed by atoms with Gasteiger partial charge in [-0.05, 0) is 34.1 Å². The summed E-state index contributed by atoms with van der Waals surface area (Å²) >= 11 is 9.63. The van der Waals surface area contributed by atoms with Gasteiger partial charge < -0.3 is 9.88 Å². The molecule has 3 aliphatic rings. The van der Waals surface area contributed by atoms with Crippen LogP contribution in [-0.4, -0.2) is 26.1 Å². The molecule has 0 aliphatic carbocycles. The lowest BCUT2D eigenvalue weighted by Gasteiger charge is -2.13. The zero-order valence-electron chi connectivity index (χ0n) is 11.3. The molecule has 4 rings (SSSR count). The van der Waals surface area contributed by atoms with Gasteiger partial charge in [0.15, 0.2) is 5.82 Å². The molecule has 0 spiro atoms. The summed E-state index contributed by atoms with van der Waals surface area (Å²) in [5.41, 5.74) is 1.29. The number of nitrogens with one attached hydrogen (secondary N) is 1. The normalized spacial score (nSPS) is 14.2. The first-order chi connectivity index (χ1) is 10.7. The van der Waals surface area contributed by atoms with E-state index >= 15 is 0 Å². The standard InChI is InChI=1S/C14H10BrClN6/c15-9-6-8-7-19-14(20-11-10(16)2-1-3-17-11)21-12(8)22-5-4-18-13(9)22/h1-3,6-7,18H,4-5H2. The van der Waals surface area contributed by atoms with Crippen molar-refractivity contribution >= 4 is 39.2 Å². The quantitative estimate of drug-likeness (QED) is 0.708. The predicted molar refractivity (Wildman–Crippen MR) is 87.3 cm³/mol. The fourth-order valence-corrected chi connectivity index (χ4v) is 3.19. The summed E-state index contributed by atoms with van der Waals surface area (Å²) in [6.45, 7) is 1.73. The molecule has 110 valence electrons. The third kappa shape index (κ3) is 2.26. The predicted octanol–water partition coefficient (Wildman–Crippen LogP) is 2.85. The van der Waals surface area contributed by atoms with Crippen LogP contribution in [0.3, 0.4) is 0 Å². The van der Waals surface area contributed by atoms with Crippen LogP contribution in [0.1, 0.15) is 0 Å². The fourth-order valence-electron chi connectivity index (χ4n) is 2.42. The minimum Gasteiger partial charge on any atom is -0.369 e. The van der Waals surface area contributed by atoms with Crippen molar-refractivity contribution < 1.29 is 0 Å². The number of pyridine rings is 2. The Morgan fingerprint density at radius 3 is 3.14 bits per heavy atom. The molecule has 0 bridgehead atoms. The Labute approximate surface area is 139 Å². The van der Waals surface area contributed by atoms with Gasteiger partial charge in [0.05, 0.1) is 9.50 Å². The van der Waals surface area contributed by atoms with Crippen molar-refractivity contribution in [3.05, 3.63) is 45.7 Å². The fraction of sp³-hybridized carbons (Fsp3) is 0.143. The van der Waals surface area contributed by atoms with Crippen LogP contribution in [0.2, 0.25) is 5.02 Å². The monoisotopic (exact) mass is 376 g/mol. The second-order valence-electron chi connectivity index (χ2n) is 4.79. The lowest BCUT2D eigenvalue weighted by molar-refractivity contribution is 0.777. The highest BCUT2D eigenvalue weighted by Gasteiger charge is 2.19. The van der Waals surface area contributed by atoms with E-state index in [4.69, 9.17) is 11.6 Å². The number of aromatic nitrogens is 4. The first-order valence-electron chi connectivity index (χ1n) is 6.67. The second-order valence-corrected chi connectivity index (χ2v) is 6.05. The van der Waals surface area contributed by atoms with E-state index < -0.39 is 0 Å². The van der Waals surface area contributed by atoms with Gasteiger partial charge in [-0.1, -0.05) is 11.6 Å². The Hall–Kier alpha value is -1.99. The summed E-state index contributed by atoms with van der Waals surface area (Å²) in [6, 6.07) is 5.49. The smallest absolute Gasteiger partial charge is 0.253 e. The molecule has 1 aromatic rings. The van der Waals surface area contributed by atoms with Gasteiger partial charge in [0, 0.05) is 31.0 Å². The molecule has 1 aromatic heterocycles. The maximum Gasteiger partial charge on any atom is 0.253 e. The zero-order valence-corrected chi connectivity index (χ0v) is 13.6. The van der Waals surface area contributed by atoms with Crippen LogP contribution in [-0.2, 0) is 6.54 Å². The van der Waals surface area contributed by atoms with Gasteiger partial charge in [-0.2, -0.15) is 9.98 Å². The van der Waals surface area contributed by atoms with Gasteiger partial charge in [-0.25, -0.2) is 9.97 Å². The lowest BCUT2D eigenvalue weighted by Crippen LogP contribution is -2.17. The van der Waals surface area contributed by atoms with E-state index in [1.54, 1.807) is 24.5 Å². The Balaban J connectivity index is 1.94. The van der Waals surface area contributed by atoms with E-state index in [0.717, 1.165) is 34.8 Å². The molecule has 3 aliphatic heterocycles. The molecule has 0 saturated carbocycles. The minimum atomic E-state index is 0.344. The molecule has 22 heavy (non-hydrogen) atoms. The number of rotatable bonds is 1. The first-order valence-corrected chi connectivity index (χ1v) is 7.85. The molecule has 1 N–H and O–H groups in total. The van der Waals surface area contributed by atoms with E-state index in [-0.39, 0.29) is 0 Å². The Bertz CT molecular complexity index is 906. The average molecular weight is 378 g/mol. The molecule has 0 fully saturated rings. The molecule has 0 radical (unpaired) electrons. The second kappa shape index (κ2) is 5.33. The van der Waals surface area contributed by atoms with Gasteiger partial charge in [-0.3, -0.25) is 0 Å². The van der Waals surface area contributed by atoms with Gasteiger partial charge in [0.2, 0.25) is 0 Å². The van der Waals surface area contributed by atoms with Crippen LogP contribution in [0.4, 0.5) is 11.6 Å². The number of hydrogen-bond acceptors (Lipinski definition) is 5. The van der Waals surface area contributed by atoms with E-state index in [1.165, 1.54) is 0 Å². The maximum absolute atomic E-state index is 6.07. The number of fused-ring (bicyclic) bond motifs is 3. The van der Waals surface area contributed by atoms with Gasteiger partial charge in [0.1, 0.15) is 11.6 Å². The Kier molecular flexibility index (Phi) is 3.31.